The van der Waals surface area contributed by atoms with E-state index in [1.807, 2.05) is 35.8 Å². The van der Waals surface area contributed by atoms with Crippen LogP contribution in [0.3, 0.4) is 0 Å². The monoisotopic (exact) mass is 485 g/mol. The molecule has 0 saturated heterocycles. The van der Waals surface area contributed by atoms with Gasteiger partial charge in [-0.25, -0.2) is 4.98 Å². The maximum Gasteiger partial charge on any atom is 0.320 e. The van der Waals surface area contributed by atoms with Crippen LogP contribution < -0.4 is 0 Å². The minimum atomic E-state index is -2.71. The zero-order valence-corrected chi connectivity index (χ0v) is 19.0. The molecule has 1 atom stereocenters. The van der Waals surface area contributed by atoms with Crippen LogP contribution in [0.2, 0.25) is 5.02 Å². The molecule has 0 bridgehead atoms. The highest BCUT2D eigenvalue weighted by molar-refractivity contribution is 7.99. The molecule has 0 saturated carbocycles. The normalized spacial score (nSPS) is 12.6. The van der Waals surface area contributed by atoms with E-state index < -0.39 is 11.8 Å². The van der Waals surface area contributed by atoms with Crippen LogP contribution >= 0.6 is 23.4 Å². The number of hydrogen-bond acceptors (Lipinski definition) is 5. The molecule has 0 amide bonds. The SMILES string of the molecule is C[C@H](Sc1nnc(-c2ccc(Cl)cc2)n1Cc1ccco1)c1nc2ccccc2n1C(F)F. The fraction of sp³-hybridized carbons (Fsp3) is 0.174. The van der Waals surface area contributed by atoms with Gasteiger partial charge >= 0.3 is 6.55 Å². The number of para-hydroxylation sites is 2. The molecule has 0 radical (unpaired) electrons. The minimum Gasteiger partial charge on any atom is -0.467 e. The molecule has 0 aliphatic carbocycles. The summed E-state index contributed by atoms with van der Waals surface area (Å²) >= 11 is 7.35. The Morgan fingerprint density at radius 3 is 2.55 bits per heavy atom. The maximum absolute atomic E-state index is 13.9. The average molecular weight is 486 g/mol. The van der Waals surface area contributed by atoms with Crippen molar-refractivity contribution in [3.63, 3.8) is 0 Å². The van der Waals surface area contributed by atoms with Crippen molar-refractivity contribution in [3.05, 3.63) is 83.5 Å². The largest absolute Gasteiger partial charge is 0.467 e. The molecule has 2 aromatic carbocycles. The second-order valence-electron chi connectivity index (χ2n) is 7.35. The van der Waals surface area contributed by atoms with Crippen LogP contribution in [-0.4, -0.2) is 24.3 Å². The lowest BCUT2D eigenvalue weighted by molar-refractivity contribution is 0.0715. The van der Waals surface area contributed by atoms with Crippen molar-refractivity contribution in [2.75, 3.05) is 0 Å². The molecule has 0 aliphatic rings. The molecule has 33 heavy (non-hydrogen) atoms. The number of fused-ring (bicyclic) bond motifs is 1. The summed E-state index contributed by atoms with van der Waals surface area (Å²) in [5, 5.41) is 9.51. The van der Waals surface area contributed by atoms with E-state index in [9.17, 15) is 8.78 Å². The van der Waals surface area contributed by atoms with Gasteiger partial charge in [-0.2, -0.15) is 8.78 Å². The number of furan rings is 1. The third-order valence-electron chi connectivity index (χ3n) is 5.18. The van der Waals surface area contributed by atoms with E-state index in [-0.39, 0.29) is 5.82 Å². The fourth-order valence-corrected chi connectivity index (χ4v) is 4.74. The summed E-state index contributed by atoms with van der Waals surface area (Å²) in [5.74, 6) is 1.62. The third kappa shape index (κ3) is 4.26. The van der Waals surface area contributed by atoms with E-state index in [1.54, 1.807) is 42.7 Å². The van der Waals surface area contributed by atoms with Gasteiger partial charge in [0.1, 0.15) is 11.6 Å². The Morgan fingerprint density at radius 2 is 1.82 bits per heavy atom. The number of aromatic nitrogens is 5. The number of thioether (sulfide) groups is 1. The number of rotatable bonds is 7. The second kappa shape index (κ2) is 8.99. The zero-order chi connectivity index (χ0) is 22.9. The van der Waals surface area contributed by atoms with E-state index in [1.165, 1.54) is 11.8 Å². The van der Waals surface area contributed by atoms with Crippen molar-refractivity contribution in [1.29, 1.82) is 0 Å². The van der Waals surface area contributed by atoms with Gasteiger partial charge in [-0.1, -0.05) is 35.5 Å². The molecular weight excluding hydrogens is 468 g/mol. The molecule has 3 aromatic heterocycles. The molecule has 6 nitrogen and oxygen atoms in total. The zero-order valence-electron chi connectivity index (χ0n) is 17.4. The first kappa shape index (κ1) is 21.7. The van der Waals surface area contributed by atoms with Crippen molar-refractivity contribution in [2.24, 2.45) is 0 Å². The van der Waals surface area contributed by atoms with Crippen LogP contribution in [0.15, 0.2) is 76.5 Å². The highest BCUT2D eigenvalue weighted by Crippen LogP contribution is 2.38. The van der Waals surface area contributed by atoms with Crippen molar-refractivity contribution in [3.8, 4) is 11.4 Å². The van der Waals surface area contributed by atoms with Crippen molar-refractivity contribution >= 4 is 34.4 Å². The van der Waals surface area contributed by atoms with E-state index >= 15 is 0 Å². The predicted octanol–water partition coefficient (Wildman–Crippen LogP) is 6.84. The van der Waals surface area contributed by atoms with Gasteiger partial charge in [-0.3, -0.25) is 9.13 Å². The lowest BCUT2D eigenvalue weighted by atomic mass is 10.2. The highest BCUT2D eigenvalue weighted by atomic mass is 35.5. The van der Waals surface area contributed by atoms with Gasteiger partial charge < -0.3 is 4.42 Å². The van der Waals surface area contributed by atoms with Crippen LogP contribution in [0.1, 0.15) is 30.3 Å². The number of imidazole rings is 1. The predicted molar refractivity (Wildman–Crippen MR) is 124 cm³/mol. The van der Waals surface area contributed by atoms with E-state index in [0.29, 0.717) is 33.6 Å². The highest BCUT2D eigenvalue weighted by Gasteiger charge is 2.25. The van der Waals surface area contributed by atoms with Crippen molar-refractivity contribution in [2.45, 2.75) is 30.4 Å². The summed E-state index contributed by atoms with van der Waals surface area (Å²) in [6.07, 6.45) is 1.60. The topological polar surface area (TPSA) is 61.7 Å². The quantitative estimate of drug-likeness (QED) is 0.236. The van der Waals surface area contributed by atoms with E-state index in [0.717, 1.165) is 15.9 Å². The lowest BCUT2D eigenvalue weighted by Crippen LogP contribution is -2.08. The maximum atomic E-state index is 13.9. The summed E-state index contributed by atoms with van der Waals surface area (Å²) in [5.41, 5.74) is 1.76. The molecule has 5 aromatic rings. The third-order valence-corrected chi connectivity index (χ3v) is 6.51. The summed E-state index contributed by atoms with van der Waals surface area (Å²) in [6, 6.07) is 17.8. The second-order valence-corrected chi connectivity index (χ2v) is 9.09. The Hall–Kier alpha value is -3.17. The number of alkyl halides is 2. The summed E-state index contributed by atoms with van der Waals surface area (Å²) in [4.78, 5) is 4.48. The van der Waals surface area contributed by atoms with Gasteiger partial charge in [-0.15, -0.1) is 10.2 Å². The molecule has 0 aliphatic heterocycles. The first-order chi connectivity index (χ1) is 16.0. The van der Waals surface area contributed by atoms with Crippen molar-refractivity contribution < 1.29 is 13.2 Å². The van der Waals surface area contributed by atoms with Crippen molar-refractivity contribution in [1.82, 2.24) is 24.3 Å². The lowest BCUT2D eigenvalue weighted by Gasteiger charge is -2.14. The Bertz CT molecular complexity index is 1380. The van der Waals surface area contributed by atoms with Crippen LogP contribution in [0.4, 0.5) is 8.78 Å². The van der Waals surface area contributed by atoms with Gasteiger partial charge in [0.2, 0.25) is 0 Å². The molecule has 5 rings (SSSR count). The van der Waals surface area contributed by atoms with E-state index in [2.05, 4.69) is 15.2 Å². The van der Waals surface area contributed by atoms with Crippen LogP contribution in [-0.2, 0) is 6.54 Å². The van der Waals surface area contributed by atoms with Gasteiger partial charge in [0.05, 0.1) is 29.1 Å². The first-order valence-electron chi connectivity index (χ1n) is 10.1. The van der Waals surface area contributed by atoms with Crippen LogP contribution in [0.25, 0.3) is 22.4 Å². The summed E-state index contributed by atoms with van der Waals surface area (Å²) < 4.78 is 36.3. The number of halogens is 3. The van der Waals surface area contributed by atoms with Gasteiger partial charge in [-0.05, 0) is 55.5 Å². The molecule has 0 unspecified atom stereocenters. The molecule has 0 fully saturated rings. The molecule has 3 heterocycles. The van der Waals surface area contributed by atoms with Gasteiger partial charge in [0, 0.05) is 10.6 Å². The van der Waals surface area contributed by atoms with Crippen LogP contribution in [0.5, 0.6) is 0 Å². The Kier molecular flexibility index (Phi) is 5.90. The molecule has 0 N–H and O–H groups in total. The summed E-state index contributed by atoms with van der Waals surface area (Å²) in [6.45, 7) is -0.488. The van der Waals surface area contributed by atoms with Gasteiger partial charge in [0.15, 0.2) is 11.0 Å². The fourth-order valence-electron chi connectivity index (χ4n) is 3.66. The number of hydrogen-bond donors (Lipinski definition) is 0. The standard InChI is InChI=1S/C23H18ClF2N5OS/c1-14(20-27-18-6-2-3-7-19(18)31(20)22(25)26)33-23-29-28-21(15-8-10-16(24)11-9-15)30(23)13-17-5-4-12-32-17/h2-12,14,22H,13H2,1H3/t14-/m0/s1. The Labute approximate surface area is 197 Å². The van der Waals surface area contributed by atoms with Crippen LogP contribution in [0, 0.1) is 0 Å². The van der Waals surface area contributed by atoms with E-state index in [4.69, 9.17) is 16.0 Å². The molecule has 10 heteroatoms. The Balaban J connectivity index is 1.54. The molecule has 0 spiro atoms. The number of benzene rings is 2. The molecule has 168 valence electrons. The average Bonchev–Trinajstić information content (AvgIpc) is 3.54. The summed E-state index contributed by atoms with van der Waals surface area (Å²) in [7, 11) is 0. The first-order valence-corrected chi connectivity index (χ1v) is 11.4. The number of nitrogens with zero attached hydrogens (tertiary/aromatic N) is 5. The van der Waals surface area contributed by atoms with Gasteiger partial charge in [0.25, 0.3) is 0 Å². The minimum absolute atomic E-state index is 0.275. The smallest absolute Gasteiger partial charge is 0.320 e. The molecular formula is C23H18ClF2N5OS. The Morgan fingerprint density at radius 1 is 1.03 bits per heavy atom.